The van der Waals surface area contributed by atoms with E-state index in [4.69, 9.17) is 28.0 Å². The van der Waals surface area contributed by atoms with E-state index in [1.807, 2.05) is 20.8 Å². The van der Waals surface area contributed by atoms with Crippen LogP contribution in [-0.2, 0) is 30.4 Å². The number of carboxylic acid groups (broad SMARTS) is 1. The highest BCUT2D eigenvalue weighted by molar-refractivity contribution is 6.24. The Bertz CT molecular complexity index is 1790. The van der Waals surface area contributed by atoms with Crippen molar-refractivity contribution < 1.29 is 49.5 Å². The average Bonchev–Trinajstić information content (AvgIpc) is 3.04. The Morgan fingerprint density at radius 3 is 2.19 bits per heavy atom. The number of phenolic OH excluding ortho intramolecular Hbond substituents is 1. The van der Waals surface area contributed by atoms with Crippen molar-refractivity contribution in [1.29, 1.82) is 0 Å². The molecule has 1 aromatic rings. The summed E-state index contributed by atoms with van der Waals surface area (Å²) in [5.74, 6) is -8.78. The molecule has 0 spiro atoms. The first kappa shape index (κ1) is 43.2. The molecule has 5 atom stereocenters. The third-order valence-electron chi connectivity index (χ3n) is 9.52. The maximum atomic E-state index is 14.0. The molecule has 0 heterocycles. The summed E-state index contributed by atoms with van der Waals surface area (Å²) in [4.78, 5) is 69.2. The molecule has 19 nitrogen and oxygen atoms in total. The number of carboxylic acids is 1. The molecule has 2 amide bonds. The number of fused-ring (bicyclic) bond motifs is 3. The summed E-state index contributed by atoms with van der Waals surface area (Å²) in [5, 5.41) is 59.7. The third-order valence-corrected chi connectivity index (χ3v) is 9.52. The number of aromatic hydroxyl groups is 1. The molecule has 0 aliphatic heterocycles. The van der Waals surface area contributed by atoms with Gasteiger partial charge < -0.3 is 64.0 Å². The Morgan fingerprint density at radius 1 is 1.07 bits per heavy atom. The van der Waals surface area contributed by atoms with Crippen molar-refractivity contribution in [1.82, 2.24) is 10.2 Å². The first-order valence-corrected chi connectivity index (χ1v) is 17.2. The number of nitrogens with one attached hydrogen (secondary N) is 2. The molecule has 298 valence electrons. The maximum Gasteiger partial charge on any atom is 0.320 e. The van der Waals surface area contributed by atoms with Gasteiger partial charge in [0, 0.05) is 43.4 Å². The van der Waals surface area contributed by atoms with Gasteiger partial charge in [0.15, 0.2) is 17.3 Å². The van der Waals surface area contributed by atoms with Crippen LogP contribution in [0.2, 0.25) is 0 Å². The van der Waals surface area contributed by atoms with Gasteiger partial charge in [0.2, 0.25) is 11.7 Å². The average molecular weight is 760 g/mol. The predicted molar refractivity (Wildman–Crippen MR) is 200 cm³/mol. The first-order valence-electron chi connectivity index (χ1n) is 17.2. The number of anilines is 2. The number of nitrogens with two attached hydrogens (primary N) is 4. The van der Waals surface area contributed by atoms with Crippen LogP contribution in [0.4, 0.5) is 11.4 Å². The second-order valence-electron chi connectivity index (χ2n) is 15.0. The largest absolute Gasteiger partial charge is 0.508 e. The number of aliphatic hydroxyl groups excluding tert-OH is 2. The topological polar surface area (TPSA) is 333 Å². The van der Waals surface area contributed by atoms with Gasteiger partial charge in [0.1, 0.15) is 28.9 Å². The van der Waals surface area contributed by atoms with Gasteiger partial charge in [-0.05, 0) is 78.1 Å². The minimum atomic E-state index is -2.73. The monoisotopic (exact) mass is 759 g/mol. The van der Waals surface area contributed by atoms with E-state index >= 15 is 0 Å². The fourth-order valence-corrected chi connectivity index (χ4v) is 6.97. The lowest BCUT2D eigenvalue weighted by Gasteiger charge is -2.50. The fourth-order valence-electron chi connectivity index (χ4n) is 6.97. The summed E-state index contributed by atoms with van der Waals surface area (Å²) >= 11 is 0. The number of likely N-dealkylation sites (N-methyl/N-ethyl adjacent to an activating group) is 1. The Balaban J connectivity index is 0.000000562. The van der Waals surface area contributed by atoms with E-state index < -0.39 is 81.7 Å². The number of aliphatic carboxylic acids is 1. The lowest BCUT2D eigenvalue weighted by atomic mass is 9.57. The second kappa shape index (κ2) is 16.4. The SMILES string of the molecule is CN(C)c1cc(NC(=O)CNC(C)(C)C)c(O)c2c1C[C@H]1C[C@H]3[C@H](N(C)C)C(=O)C(C(N)=O)=C(O)[C@@]3(O)C(=O)C1=C2O.NC(N)=NCCCC(N)C(=O)O. The van der Waals surface area contributed by atoms with E-state index in [-0.39, 0.29) is 47.7 Å². The van der Waals surface area contributed by atoms with Gasteiger partial charge in [-0.25, -0.2) is 0 Å². The van der Waals surface area contributed by atoms with Crippen LogP contribution in [-0.4, -0.2) is 130 Å². The number of hydrogen-bond acceptors (Lipinski definition) is 14. The van der Waals surface area contributed by atoms with Crippen LogP contribution in [0.25, 0.3) is 5.76 Å². The first-order chi connectivity index (χ1) is 24.9. The Labute approximate surface area is 312 Å². The van der Waals surface area contributed by atoms with Gasteiger partial charge in [-0.1, -0.05) is 0 Å². The highest BCUT2D eigenvalue weighted by Gasteiger charge is 2.64. The van der Waals surface area contributed by atoms with E-state index in [0.29, 0.717) is 30.6 Å². The highest BCUT2D eigenvalue weighted by Crippen LogP contribution is 2.54. The Hall–Kier alpha value is -5.24. The molecule has 0 bridgehead atoms. The highest BCUT2D eigenvalue weighted by atomic mass is 16.4. The molecule has 4 rings (SSSR count). The van der Waals surface area contributed by atoms with Crippen molar-refractivity contribution in [3.63, 3.8) is 0 Å². The molecule has 1 aromatic carbocycles. The number of guanidine groups is 1. The molecule has 1 fully saturated rings. The number of rotatable bonds is 11. The van der Waals surface area contributed by atoms with Crippen LogP contribution in [0.5, 0.6) is 5.75 Å². The van der Waals surface area contributed by atoms with Crippen LogP contribution in [0, 0.1) is 11.8 Å². The van der Waals surface area contributed by atoms with Crippen LogP contribution in [0.3, 0.4) is 0 Å². The van der Waals surface area contributed by atoms with Gasteiger partial charge in [-0.2, -0.15) is 0 Å². The molecule has 15 N–H and O–H groups in total. The number of benzene rings is 1. The molecular formula is C35H53N9O10. The number of aliphatic hydroxyl groups is 3. The van der Waals surface area contributed by atoms with Crippen LogP contribution in [0.1, 0.15) is 51.2 Å². The van der Waals surface area contributed by atoms with E-state index in [1.54, 1.807) is 39.2 Å². The van der Waals surface area contributed by atoms with Gasteiger partial charge in [-0.3, -0.25) is 33.9 Å². The number of Topliss-reactive ketones (excluding diaryl/α,β-unsaturated/α-hetero) is 2. The molecule has 0 saturated heterocycles. The van der Waals surface area contributed by atoms with Crippen molar-refractivity contribution in [3.8, 4) is 5.75 Å². The summed E-state index contributed by atoms with van der Waals surface area (Å²) < 4.78 is 0. The molecule has 1 unspecified atom stereocenters. The molecule has 3 aliphatic carbocycles. The third kappa shape index (κ3) is 8.75. The summed E-state index contributed by atoms with van der Waals surface area (Å²) in [5.41, 5.74) is 17.4. The van der Waals surface area contributed by atoms with Crippen LogP contribution >= 0.6 is 0 Å². The normalized spacial score (nSPS) is 22.7. The van der Waals surface area contributed by atoms with Crippen molar-refractivity contribution >= 4 is 52.4 Å². The summed E-state index contributed by atoms with van der Waals surface area (Å²) in [6.45, 7) is 6.04. The van der Waals surface area contributed by atoms with Crippen molar-refractivity contribution in [2.45, 2.75) is 69.7 Å². The zero-order chi connectivity index (χ0) is 41.2. The lowest BCUT2D eigenvalue weighted by Crippen LogP contribution is -2.65. The number of nitrogens with zero attached hydrogens (tertiary/aromatic N) is 3. The summed E-state index contributed by atoms with van der Waals surface area (Å²) in [7, 11) is 6.58. The van der Waals surface area contributed by atoms with Gasteiger partial charge in [0.25, 0.3) is 5.91 Å². The smallest absolute Gasteiger partial charge is 0.320 e. The number of ketones is 2. The van der Waals surface area contributed by atoms with Crippen molar-refractivity contribution in [2.75, 3.05) is 51.5 Å². The minimum absolute atomic E-state index is 0.00158. The lowest BCUT2D eigenvalue weighted by molar-refractivity contribution is -0.153. The number of phenols is 1. The number of carbonyl (C=O) groups is 5. The Morgan fingerprint density at radius 2 is 1.69 bits per heavy atom. The second-order valence-corrected chi connectivity index (χ2v) is 15.0. The van der Waals surface area contributed by atoms with Crippen LogP contribution < -0.4 is 38.5 Å². The minimum Gasteiger partial charge on any atom is -0.508 e. The van der Waals surface area contributed by atoms with Crippen LogP contribution in [0.15, 0.2) is 28.0 Å². The molecule has 1 saturated carbocycles. The number of amides is 2. The van der Waals surface area contributed by atoms with E-state index in [1.165, 1.54) is 4.90 Å². The van der Waals surface area contributed by atoms with E-state index in [9.17, 15) is 44.4 Å². The number of primary amides is 1. The quantitative estimate of drug-likeness (QED) is 0.0415. The van der Waals surface area contributed by atoms with Crippen molar-refractivity contribution in [3.05, 3.63) is 34.1 Å². The van der Waals surface area contributed by atoms with E-state index in [0.717, 1.165) is 0 Å². The molecule has 19 heteroatoms. The number of hydrogen-bond donors (Lipinski definition) is 11. The van der Waals surface area contributed by atoms with Gasteiger partial charge in [0.05, 0.1) is 23.8 Å². The van der Waals surface area contributed by atoms with Gasteiger partial charge >= 0.3 is 5.97 Å². The number of carbonyl (C=O) groups excluding carboxylic acids is 4. The molecule has 0 aromatic heterocycles. The van der Waals surface area contributed by atoms with Gasteiger partial charge in [-0.15, -0.1) is 0 Å². The summed E-state index contributed by atoms with van der Waals surface area (Å²) in [6, 6.07) is -0.411. The molecule has 54 heavy (non-hydrogen) atoms. The molecule has 3 aliphatic rings. The van der Waals surface area contributed by atoms with E-state index in [2.05, 4.69) is 15.6 Å². The fraction of sp³-hybridized carbons (Fsp3) is 0.543. The molecule has 0 radical (unpaired) electrons. The number of aliphatic imine (C=N–C) groups is 1. The maximum absolute atomic E-state index is 14.0. The van der Waals surface area contributed by atoms with Crippen molar-refractivity contribution in [2.24, 2.45) is 39.8 Å². The zero-order valence-electron chi connectivity index (χ0n) is 31.6. The molecular weight excluding hydrogens is 706 g/mol. The Kier molecular flexibility index (Phi) is 13.1. The standard InChI is InChI=1S/C29H39N5O8.C6H14N4O2/c1-28(2,3)31-11-17(35)32-15-10-16(33(4)5)13-8-12-9-14-21(34(6)7)24(38)20(27(30)41)26(40)29(14,42)25(39)18(12)23(37)19(13)22(15)36;7-4(5(11)12)2-1-3-10-6(8)9/h10,12,14,21,31,36-37,40,42H,8-9,11H2,1-7H3,(H2,30,41)(H,32,35);4H,1-3,7H2,(H,11,12)(H4,8,9,10)/t12-,14-,21-,29-;/m0./s1. The summed E-state index contributed by atoms with van der Waals surface area (Å²) in [6.07, 6.45) is 1.07. The zero-order valence-corrected chi connectivity index (χ0v) is 31.6. The predicted octanol–water partition coefficient (Wildman–Crippen LogP) is -1.19.